The predicted octanol–water partition coefficient (Wildman–Crippen LogP) is 2.93. The van der Waals surface area contributed by atoms with Crippen LogP contribution in [0.4, 0.5) is 14.7 Å². The number of aromatic nitrogens is 4. The van der Waals surface area contributed by atoms with Gasteiger partial charge < -0.3 is 0 Å². The standard InChI is InChI=1S/C18H18F2N6O/c1-9-7-10(2)22-18(21-9)24-23-17(27)16-11(3)25-26(12(16)4)15-6-5-13(19)8-14(15)20/h5-8H,1-4H3,(H,23,27)(H,21,22,24). The van der Waals surface area contributed by atoms with Crippen LogP contribution in [0, 0.1) is 39.3 Å². The molecule has 0 atom stereocenters. The van der Waals surface area contributed by atoms with Gasteiger partial charge in [-0.05, 0) is 45.9 Å². The maximum Gasteiger partial charge on any atom is 0.273 e. The quantitative estimate of drug-likeness (QED) is 0.688. The lowest BCUT2D eigenvalue weighted by molar-refractivity contribution is 0.0961. The lowest BCUT2D eigenvalue weighted by Crippen LogP contribution is -2.31. The zero-order valence-corrected chi connectivity index (χ0v) is 15.3. The Hall–Kier alpha value is -3.36. The summed E-state index contributed by atoms with van der Waals surface area (Å²) >= 11 is 0. The van der Waals surface area contributed by atoms with E-state index in [1.165, 1.54) is 10.7 Å². The second kappa shape index (κ2) is 7.10. The third-order valence-corrected chi connectivity index (χ3v) is 3.93. The molecule has 0 fully saturated rings. The van der Waals surface area contributed by atoms with Gasteiger partial charge in [-0.3, -0.25) is 15.6 Å². The molecule has 0 saturated heterocycles. The van der Waals surface area contributed by atoms with Crippen LogP contribution in [0.15, 0.2) is 24.3 Å². The van der Waals surface area contributed by atoms with Crippen molar-refractivity contribution in [2.24, 2.45) is 0 Å². The van der Waals surface area contributed by atoms with E-state index in [0.29, 0.717) is 11.4 Å². The minimum absolute atomic E-state index is 0.0571. The third kappa shape index (κ3) is 3.76. The van der Waals surface area contributed by atoms with Crippen LogP contribution in [0.25, 0.3) is 5.69 Å². The minimum atomic E-state index is -0.769. The Kier molecular flexibility index (Phi) is 4.85. The first-order valence-corrected chi connectivity index (χ1v) is 8.16. The van der Waals surface area contributed by atoms with Crippen molar-refractivity contribution < 1.29 is 13.6 Å². The smallest absolute Gasteiger partial charge is 0.267 e. The predicted molar refractivity (Wildman–Crippen MR) is 95.5 cm³/mol. The second-order valence-corrected chi connectivity index (χ2v) is 6.11. The number of hydrazine groups is 1. The number of halogens is 2. The van der Waals surface area contributed by atoms with Gasteiger partial charge >= 0.3 is 0 Å². The molecular weight excluding hydrogens is 354 g/mol. The minimum Gasteiger partial charge on any atom is -0.267 e. The van der Waals surface area contributed by atoms with Crippen molar-refractivity contribution >= 4 is 11.9 Å². The number of anilines is 1. The third-order valence-electron chi connectivity index (χ3n) is 3.93. The number of amides is 1. The monoisotopic (exact) mass is 372 g/mol. The fourth-order valence-electron chi connectivity index (χ4n) is 2.82. The first-order valence-electron chi connectivity index (χ1n) is 8.16. The molecule has 0 bridgehead atoms. The summed E-state index contributed by atoms with van der Waals surface area (Å²) in [5.41, 5.74) is 7.84. The summed E-state index contributed by atoms with van der Waals surface area (Å²) in [4.78, 5) is 20.9. The first kappa shape index (κ1) is 18.4. The van der Waals surface area contributed by atoms with Gasteiger partial charge in [0.2, 0.25) is 5.95 Å². The van der Waals surface area contributed by atoms with Crippen molar-refractivity contribution in [1.29, 1.82) is 0 Å². The molecule has 0 spiro atoms. The van der Waals surface area contributed by atoms with Gasteiger partial charge in [0.25, 0.3) is 5.91 Å². The fraction of sp³-hybridized carbons (Fsp3) is 0.222. The van der Waals surface area contributed by atoms with Gasteiger partial charge in [-0.1, -0.05) is 0 Å². The van der Waals surface area contributed by atoms with Gasteiger partial charge in [-0.15, -0.1) is 0 Å². The fourth-order valence-corrected chi connectivity index (χ4v) is 2.82. The number of nitrogens with zero attached hydrogens (tertiary/aromatic N) is 4. The number of carbonyl (C=O) groups excluding carboxylic acids is 1. The zero-order chi connectivity index (χ0) is 19.7. The first-order chi connectivity index (χ1) is 12.8. The number of hydrogen-bond donors (Lipinski definition) is 2. The Morgan fingerprint density at radius 2 is 1.70 bits per heavy atom. The number of carbonyl (C=O) groups is 1. The molecule has 0 radical (unpaired) electrons. The van der Waals surface area contributed by atoms with Crippen molar-refractivity contribution in [1.82, 2.24) is 25.2 Å². The molecule has 1 amide bonds. The largest absolute Gasteiger partial charge is 0.273 e. The molecule has 0 aliphatic rings. The molecule has 27 heavy (non-hydrogen) atoms. The number of hydrogen-bond acceptors (Lipinski definition) is 5. The molecule has 3 rings (SSSR count). The lowest BCUT2D eigenvalue weighted by Gasteiger charge is -2.09. The molecule has 2 heterocycles. The van der Waals surface area contributed by atoms with Gasteiger partial charge in [-0.2, -0.15) is 5.10 Å². The second-order valence-electron chi connectivity index (χ2n) is 6.11. The van der Waals surface area contributed by atoms with Crippen LogP contribution in [0.5, 0.6) is 0 Å². The number of benzene rings is 1. The van der Waals surface area contributed by atoms with Crippen LogP contribution in [-0.4, -0.2) is 25.7 Å². The average molecular weight is 372 g/mol. The van der Waals surface area contributed by atoms with Crippen LogP contribution in [0.2, 0.25) is 0 Å². The highest BCUT2D eigenvalue weighted by Crippen LogP contribution is 2.20. The molecule has 0 aliphatic heterocycles. The summed E-state index contributed by atoms with van der Waals surface area (Å²) in [6.45, 7) is 6.90. The summed E-state index contributed by atoms with van der Waals surface area (Å²) in [5.74, 6) is -1.67. The van der Waals surface area contributed by atoms with Gasteiger partial charge in [-0.25, -0.2) is 23.4 Å². The maximum absolute atomic E-state index is 14.1. The van der Waals surface area contributed by atoms with Crippen LogP contribution >= 0.6 is 0 Å². The van der Waals surface area contributed by atoms with E-state index in [9.17, 15) is 13.6 Å². The van der Waals surface area contributed by atoms with Gasteiger partial charge in [0, 0.05) is 17.5 Å². The summed E-state index contributed by atoms with van der Waals surface area (Å²) in [6, 6.07) is 4.98. The summed E-state index contributed by atoms with van der Waals surface area (Å²) in [6.07, 6.45) is 0. The van der Waals surface area contributed by atoms with Crippen molar-refractivity contribution in [2.45, 2.75) is 27.7 Å². The molecule has 2 aromatic heterocycles. The molecule has 0 aliphatic carbocycles. The molecule has 3 aromatic rings. The number of rotatable bonds is 4. The number of nitrogens with one attached hydrogen (secondary N) is 2. The number of aryl methyl sites for hydroxylation is 3. The van der Waals surface area contributed by atoms with Crippen LogP contribution in [0.3, 0.4) is 0 Å². The highest BCUT2D eigenvalue weighted by atomic mass is 19.1. The van der Waals surface area contributed by atoms with E-state index in [1.807, 2.05) is 19.9 Å². The molecular formula is C18H18F2N6O. The zero-order valence-electron chi connectivity index (χ0n) is 15.3. The van der Waals surface area contributed by atoms with Gasteiger partial charge in [0.1, 0.15) is 11.5 Å². The van der Waals surface area contributed by atoms with Crippen molar-refractivity contribution in [3.8, 4) is 5.69 Å². The molecule has 0 saturated carbocycles. The van der Waals surface area contributed by atoms with Crippen LogP contribution in [-0.2, 0) is 0 Å². The van der Waals surface area contributed by atoms with E-state index in [2.05, 4.69) is 25.9 Å². The van der Waals surface area contributed by atoms with E-state index in [1.54, 1.807) is 13.8 Å². The Labute approximate surface area is 154 Å². The van der Waals surface area contributed by atoms with E-state index in [4.69, 9.17) is 0 Å². The summed E-state index contributed by atoms with van der Waals surface area (Å²) in [5, 5.41) is 4.21. The molecule has 2 N–H and O–H groups in total. The van der Waals surface area contributed by atoms with Crippen molar-refractivity contribution in [3.05, 3.63) is 64.2 Å². The normalized spacial score (nSPS) is 10.7. The van der Waals surface area contributed by atoms with E-state index < -0.39 is 17.5 Å². The van der Waals surface area contributed by atoms with E-state index in [0.717, 1.165) is 23.5 Å². The molecule has 1 aromatic carbocycles. The Balaban J connectivity index is 1.86. The van der Waals surface area contributed by atoms with Crippen LogP contribution in [0.1, 0.15) is 33.1 Å². The molecule has 140 valence electrons. The topological polar surface area (TPSA) is 84.7 Å². The van der Waals surface area contributed by atoms with Crippen molar-refractivity contribution in [2.75, 3.05) is 5.43 Å². The van der Waals surface area contributed by atoms with Crippen LogP contribution < -0.4 is 10.9 Å². The van der Waals surface area contributed by atoms with E-state index >= 15 is 0 Å². The lowest BCUT2D eigenvalue weighted by atomic mass is 10.2. The van der Waals surface area contributed by atoms with Gasteiger partial charge in [0.05, 0.1) is 17.0 Å². The Morgan fingerprint density at radius 1 is 1.04 bits per heavy atom. The summed E-state index contributed by atoms with van der Waals surface area (Å²) < 4.78 is 28.5. The SMILES string of the molecule is Cc1cc(C)nc(NNC(=O)c2c(C)nn(-c3ccc(F)cc3F)c2C)n1. The average Bonchev–Trinajstić information content (AvgIpc) is 2.86. The van der Waals surface area contributed by atoms with Gasteiger partial charge in [0.15, 0.2) is 5.82 Å². The molecule has 9 heteroatoms. The highest BCUT2D eigenvalue weighted by Gasteiger charge is 2.21. The van der Waals surface area contributed by atoms with Crippen molar-refractivity contribution in [3.63, 3.8) is 0 Å². The molecule has 7 nitrogen and oxygen atoms in total. The Morgan fingerprint density at radius 3 is 2.33 bits per heavy atom. The Bertz CT molecular complexity index is 1010. The maximum atomic E-state index is 14.1. The highest BCUT2D eigenvalue weighted by molar-refractivity contribution is 5.97. The summed E-state index contributed by atoms with van der Waals surface area (Å²) in [7, 11) is 0. The van der Waals surface area contributed by atoms with E-state index in [-0.39, 0.29) is 17.2 Å². The molecule has 0 unspecified atom stereocenters.